The molecule has 0 unspecified atom stereocenters. The second-order valence-corrected chi connectivity index (χ2v) is 6.27. The third-order valence-electron chi connectivity index (χ3n) is 4.43. The Labute approximate surface area is 151 Å². The van der Waals surface area contributed by atoms with Gasteiger partial charge in [-0.2, -0.15) is 0 Å². The van der Waals surface area contributed by atoms with Gasteiger partial charge in [0.1, 0.15) is 0 Å². The smallest absolute Gasteiger partial charge is 0.269 e. The van der Waals surface area contributed by atoms with E-state index in [1.807, 2.05) is 36.6 Å². The molecule has 6 heteroatoms. The highest BCUT2D eigenvalue weighted by Gasteiger charge is 2.17. The summed E-state index contributed by atoms with van der Waals surface area (Å²) < 4.78 is 2.01. The van der Waals surface area contributed by atoms with Crippen LogP contribution in [0, 0.1) is 24.0 Å². The summed E-state index contributed by atoms with van der Waals surface area (Å²) in [7, 11) is 0. The Bertz CT molecular complexity index is 988. The quantitative estimate of drug-likeness (QED) is 0.560. The van der Waals surface area contributed by atoms with Gasteiger partial charge in [-0.15, -0.1) is 0 Å². The second-order valence-electron chi connectivity index (χ2n) is 6.27. The number of amides is 1. The van der Waals surface area contributed by atoms with E-state index < -0.39 is 10.8 Å². The van der Waals surface area contributed by atoms with E-state index in [1.54, 1.807) is 18.2 Å². The molecule has 0 atom stereocenters. The molecule has 132 valence electrons. The molecule has 2 aromatic carbocycles. The molecule has 1 heterocycles. The molecule has 0 aliphatic carbocycles. The van der Waals surface area contributed by atoms with E-state index in [2.05, 4.69) is 6.07 Å². The number of carbonyl (C=O) groups is 1. The van der Waals surface area contributed by atoms with Crippen LogP contribution in [-0.2, 0) is 6.54 Å². The van der Waals surface area contributed by atoms with Crippen molar-refractivity contribution in [2.45, 2.75) is 20.4 Å². The lowest BCUT2D eigenvalue weighted by Crippen LogP contribution is -2.12. The van der Waals surface area contributed by atoms with Crippen LogP contribution in [0.1, 0.15) is 27.2 Å². The lowest BCUT2D eigenvalue weighted by molar-refractivity contribution is -0.384. The number of hydrogen-bond donors (Lipinski definition) is 1. The number of hydrogen-bond acceptors (Lipinski definition) is 3. The number of carbonyl (C=O) groups excluding carboxylic acids is 1. The summed E-state index contributed by atoms with van der Waals surface area (Å²) in [6, 6.07) is 16.2. The molecule has 0 aliphatic rings. The minimum atomic E-state index is -0.492. The molecule has 0 saturated heterocycles. The number of primary amides is 1. The first-order valence-corrected chi connectivity index (χ1v) is 8.17. The van der Waals surface area contributed by atoms with E-state index in [0.717, 1.165) is 28.1 Å². The van der Waals surface area contributed by atoms with Gasteiger partial charge < -0.3 is 10.3 Å². The van der Waals surface area contributed by atoms with Gasteiger partial charge in [-0.3, -0.25) is 14.9 Å². The molecule has 0 spiro atoms. The topological polar surface area (TPSA) is 91.2 Å². The van der Waals surface area contributed by atoms with Crippen molar-refractivity contribution in [1.82, 2.24) is 4.57 Å². The van der Waals surface area contributed by atoms with Crippen molar-refractivity contribution in [3.8, 4) is 11.3 Å². The maximum absolute atomic E-state index is 11.8. The molecule has 0 aliphatic heterocycles. The Morgan fingerprint density at radius 1 is 1.12 bits per heavy atom. The van der Waals surface area contributed by atoms with Crippen molar-refractivity contribution in [2.75, 3.05) is 0 Å². The monoisotopic (exact) mass is 349 g/mol. The van der Waals surface area contributed by atoms with Crippen LogP contribution < -0.4 is 5.73 Å². The van der Waals surface area contributed by atoms with Crippen LogP contribution in [-0.4, -0.2) is 15.4 Å². The SMILES string of the molecule is Cc1cccc(Cn2c(-c3ccc([N+](=O)[O-])cc3)cc(C(N)=O)c2C)c1. The Balaban J connectivity index is 2.10. The number of nitro groups is 1. The molecule has 3 rings (SSSR count). The third-order valence-corrected chi connectivity index (χ3v) is 4.43. The van der Waals surface area contributed by atoms with E-state index in [1.165, 1.54) is 12.1 Å². The van der Waals surface area contributed by atoms with Crippen molar-refractivity contribution in [3.63, 3.8) is 0 Å². The molecule has 0 fully saturated rings. The zero-order valence-electron chi connectivity index (χ0n) is 14.6. The summed E-state index contributed by atoms with van der Waals surface area (Å²) in [5.41, 5.74) is 10.6. The number of nitrogens with two attached hydrogens (primary N) is 1. The Morgan fingerprint density at radius 3 is 2.38 bits per heavy atom. The van der Waals surface area contributed by atoms with E-state index >= 15 is 0 Å². The summed E-state index contributed by atoms with van der Waals surface area (Å²) in [6.45, 7) is 4.45. The number of aromatic nitrogens is 1. The van der Waals surface area contributed by atoms with Gasteiger partial charge >= 0.3 is 0 Å². The fourth-order valence-electron chi connectivity index (χ4n) is 3.08. The van der Waals surface area contributed by atoms with Crippen LogP contribution in [0.3, 0.4) is 0 Å². The highest BCUT2D eigenvalue weighted by Crippen LogP contribution is 2.28. The van der Waals surface area contributed by atoms with Crippen molar-refractivity contribution < 1.29 is 9.72 Å². The van der Waals surface area contributed by atoms with Crippen molar-refractivity contribution in [3.05, 3.63) is 87.1 Å². The fraction of sp³-hybridized carbons (Fsp3) is 0.150. The van der Waals surface area contributed by atoms with Gasteiger partial charge in [-0.25, -0.2) is 0 Å². The molecule has 1 aromatic heterocycles. The summed E-state index contributed by atoms with van der Waals surface area (Å²) in [5.74, 6) is -0.492. The molecular formula is C20H19N3O3. The van der Waals surface area contributed by atoms with Gasteiger partial charge in [0, 0.05) is 30.1 Å². The first-order chi connectivity index (χ1) is 12.4. The number of aryl methyl sites for hydroxylation is 1. The van der Waals surface area contributed by atoms with E-state index in [9.17, 15) is 14.9 Å². The lowest BCUT2D eigenvalue weighted by Gasteiger charge is -2.13. The standard InChI is InChI=1S/C20H19N3O3/c1-13-4-3-5-15(10-13)12-22-14(2)18(20(21)24)11-19(22)16-6-8-17(9-7-16)23(25)26/h3-11H,12H2,1-2H3,(H2,21,24). The summed E-state index contributed by atoms with van der Waals surface area (Å²) in [4.78, 5) is 22.2. The molecule has 1 amide bonds. The zero-order chi connectivity index (χ0) is 18.8. The summed E-state index contributed by atoms with van der Waals surface area (Å²) in [6.07, 6.45) is 0. The molecule has 0 saturated carbocycles. The van der Waals surface area contributed by atoms with Gasteiger partial charge in [-0.1, -0.05) is 29.8 Å². The van der Waals surface area contributed by atoms with Gasteiger partial charge in [-0.05, 0) is 43.2 Å². The predicted molar refractivity (Wildman–Crippen MR) is 100 cm³/mol. The average molecular weight is 349 g/mol. The van der Waals surface area contributed by atoms with Crippen molar-refractivity contribution in [2.24, 2.45) is 5.73 Å². The Morgan fingerprint density at radius 2 is 1.81 bits per heavy atom. The van der Waals surface area contributed by atoms with Gasteiger partial charge in [0.2, 0.25) is 0 Å². The van der Waals surface area contributed by atoms with Crippen LogP contribution in [0.15, 0.2) is 54.6 Å². The predicted octanol–water partition coefficient (Wildman–Crippen LogP) is 3.83. The first kappa shape index (κ1) is 17.4. The largest absolute Gasteiger partial charge is 0.366 e. The van der Waals surface area contributed by atoms with E-state index in [4.69, 9.17) is 5.73 Å². The minimum absolute atomic E-state index is 0.0254. The van der Waals surface area contributed by atoms with E-state index in [0.29, 0.717) is 12.1 Å². The number of nitrogens with zero attached hydrogens (tertiary/aromatic N) is 2. The number of non-ortho nitro benzene ring substituents is 1. The number of rotatable bonds is 5. The van der Waals surface area contributed by atoms with Crippen LogP contribution in [0.25, 0.3) is 11.3 Å². The van der Waals surface area contributed by atoms with Gasteiger partial charge in [0.15, 0.2) is 0 Å². The van der Waals surface area contributed by atoms with Crippen LogP contribution in [0.4, 0.5) is 5.69 Å². The summed E-state index contributed by atoms with van der Waals surface area (Å²) >= 11 is 0. The molecule has 0 bridgehead atoms. The Kier molecular flexibility index (Phi) is 4.58. The zero-order valence-corrected chi connectivity index (χ0v) is 14.6. The highest BCUT2D eigenvalue weighted by atomic mass is 16.6. The number of nitro benzene ring substituents is 1. The molecule has 6 nitrogen and oxygen atoms in total. The third kappa shape index (κ3) is 3.35. The fourth-order valence-corrected chi connectivity index (χ4v) is 3.08. The molecular weight excluding hydrogens is 330 g/mol. The Hall–Kier alpha value is -3.41. The molecule has 0 radical (unpaired) electrons. The minimum Gasteiger partial charge on any atom is -0.366 e. The normalized spacial score (nSPS) is 10.7. The average Bonchev–Trinajstić information content (AvgIpc) is 2.92. The number of benzene rings is 2. The van der Waals surface area contributed by atoms with Crippen LogP contribution >= 0.6 is 0 Å². The second kappa shape index (κ2) is 6.84. The molecule has 2 N–H and O–H groups in total. The van der Waals surface area contributed by atoms with Gasteiger partial charge in [0.25, 0.3) is 11.6 Å². The van der Waals surface area contributed by atoms with Crippen LogP contribution in [0.2, 0.25) is 0 Å². The summed E-state index contributed by atoms with van der Waals surface area (Å²) in [5, 5.41) is 10.9. The highest BCUT2D eigenvalue weighted by molar-refractivity contribution is 5.95. The molecule has 3 aromatic rings. The van der Waals surface area contributed by atoms with E-state index in [-0.39, 0.29) is 5.69 Å². The maximum Gasteiger partial charge on any atom is 0.269 e. The maximum atomic E-state index is 11.8. The lowest BCUT2D eigenvalue weighted by atomic mass is 10.1. The molecule has 26 heavy (non-hydrogen) atoms. The first-order valence-electron chi connectivity index (χ1n) is 8.17. The van der Waals surface area contributed by atoms with Crippen molar-refractivity contribution in [1.29, 1.82) is 0 Å². The van der Waals surface area contributed by atoms with Crippen LogP contribution in [0.5, 0.6) is 0 Å². The van der Waals surface area contributed by atoms with Crippen molar-refractivity contribution >= 4 is 11.6 Å². The van der Waals surface area contributed by atoms with Gasteiger partial charge in [0.05, 0.1) is 10.5 Å².